The first-order chi connectivity index (χ1) is 11.6. The van der Waals surface area contributed by atoms with E-state index < -0.39 is 0 Å². The quantitative estimate of drug-likeness (QED) is 0.815. The van der Waals surface area contributed by atoms with E-state index in [9.17, 15) is 9.59 Å². The molecule has 1 aromatic rings. The number of ether oxygens (including phenoxy) is 1. The lowest BCUT2D eigenvalue weighted by atomic mass is 9.67. The van der Waals surface area contributed by atoms with E-state index in [1.165, 1.54) is 5.56 Å². The third-order valence-corrected chi connectivity index (χ3v) is 5.30. The molecule has 3 rings (SSSR count). The normalized spacial score (nSPS) is 26.0. The molecule has 2 aliphatic carbocycles. The zero-order chi connectivity index (χ0) is 16.9. The molecule has 2 unspecified atom stereocenters. The van der Waals surface area contributed by atoms with E-state index in [1.54, 1.807) is 0 Å². The topological polar surface area (TPSA) is 55.4 Å². The number of nitrogens with one attached hydrogen (secondary N) is 1. The summed E-state index contributed by atoms with van der Waals surface area (Å²) in [5, 5.41) is 3.02. The SMILES string of the molecule is Cc1cccc(OCCCNC(=O)C2CC3CCCC(C2)C3=O)c1. The van der Waals surface area contributed by atoms with E-state index in [0.29, 0.717) is 18.9 Å². The van der Waals surface area contributed by atoms with Gasteiger partial charge in [0.1, 0.15) is 11.5 Å². The van der Waals surface area contributed by atoms with Gasteiger partial charge in [0, 0.05) is 24.3 Å². The number of rotatable bonds is 6. The number of fused-ring (bicyclic) bond motifs is 2. The van der Waals surface area contributed by atoms with Crippen molar-refractivity contribution < 1.29 is 14.3 Å². The van der Waals surface area contributed by atoms with Crippen molar-refractivity contribution in [2.45, 2.75) is 45.4 Å². The monoisotopic (exact) mass is 329 g/mol. The largest absolute Gasteiger partial charge is 0.494 e. The Bertz CT molecular complexity index is 582. The third kappa shape index (κ3) is 4.16. The molecule has 0 heterocycles. The number of hydrogen-bond donors (Lipinski definition) is 1. The maximum atomic E-state index is 12.4. The maximum Gasteiger partial charge on any atom is 0.223 e. The van der Waals surface area contributed by atoms with Gasteiger partial charge in [-0.15, -0.1) is 0 Å². The average molecular weight is 329 g/mol. The standard InChI is InChI=1S/C20H27NO3/c1-14-5-2-8-18(11-14)24-10-4-9-21-20(23)17-12-15-6-3-7-16(13-17)19(15)22/h2,5,8,11,15-17H,3-4,6-7,9-10,12-13H2,1H3,(H,21,23). The van der Waals surface area contributed by atoms with Crippen LogP contribution in [0.5, 0.6) is 5.75 Å². The van der Waals surface area contributed by atoms with E-state index in [4.69, 9.17) is 4.74 Å². The number of carbonyl (C=O) groups is 2. The molecule has 0 aliphatic heterocycles. The van der Waals surface area contributed by atoms with Crippen LogP contribution in [0.25, 0.3) is 0 Å². The molecule has 1 N–H and O–H groups in total. The lowest BCUT2D eigenvalue weighted by Gasteiger charge is -2.36. The minimum atomic E-state index is 0.0238. The third-order valence-electron chi connectivity index (χ3n) is 5.30. The molecule has 1 amide bonds. The molecular weight excluding hydrogens is 302 g/mol. The molecule has 1 aromatic carbocycles. The van der Waals surface area contributed by atoms with Gasteiger partial charge in [0.2, 0.25) is 5.91 Å². The molecule has 2 saturated carbocycles. The summed E-state index contributed by atoms with van der Waals surface area (Å²) in [6, 6.07) is 7.98. The molecule has 2 fully saturated rings. The smallest absolute Gasteiger partial charge is 0.223 e. The first kappa shape index (κ1) is 17.0. The van der Waals surface area contributed by atoms with Gasteiger partial charge in [0.15, 0.2) is 0 Å². The zero-order valence-corrected chi connectivity index (χ0v) is 14.4. The summed E-state index contributed by atoms with van der Waals surface area (Å²) in [5.41, 5.74) is 1.18. The van der Waals surface area contributed by atoms with Gasteiger partial charge in [-0.1, -0.05) is 18.6 Å². The summed E-state index contributed by atoms with van der Waals surface area (Å²) in [4.78, 5) is 24.4. The first-order valence-corrected chi connectivity index (χ1v) is 9.14. The predicted octanol–water partition coefficient (Wildman–Crippen LogP) is 3.28. The lowest BCUT2D eigenvalue weighted by molar-refractivity contribution is -0.137. The van der Waals surface area contributed by atoms with Gasteiger partial charge in [-0.2, -0.15) is 0 Å². The van der Waals surface area contributed by atoms with Gasteiger partial charge in [0.25, 0.3) is 0 Å². The van der Waals surface area contributed by atoms with Crippen LogP contribution in [0, 0.1) is 24.7 Å². The molecule has 130 valence electrons. The number of amides is 1. The van der Waals surface area contributed by atoms with Crippen LogP contribution in [0.1, 0.15) is 44.1 Å². The Morgan fingerprint density at radius 3 is 2.71 bits per heavy atom. The van der Waals surface area contributed by atoms with E-state index >= 15 is 0 Å². The molecule has 4 heteroatoms. The van der Waals surface area contributed by atoms with Crippen LogP contribution in [0.4, 0.5) is 0 Å². The molecular formula is C20H27NO3. The van der Waals surface area contributed by atoms with Crippen LogP contribution in [0.3, 0.4) is 0 Å². The molecule has 0 saturated heterocycles. The fourth-order valence-corrected chi connectivity index (χ4v) is 4.02. The molecule has 0 spiro atoms. The molecule has 0 aromatic heterocycles. The number of Topliss-reactive ketones (excluding diaryl/α,β-unsaturated/α-hetero) is 1. The van der Waals surface area contributed by atoms with Crippen molar-refractivity contribution in [2.75, 3.05) is 13.2 Å². The second-order valence-electron chi connectivity index (χ2n) is 7.20. The van der Waals surface area contributed by atoms with E-state index in [2.05, 4.69) is 5.32 Å². The summed E-state index contributed by atoms with van der Waals surface area (Å²) < 4.78 is 5.69. The number of carbonyl (C=O) groups excluding carboxylic acids is 2. The van der Waals surface area contributed by atoms with Gasteiger partial charge in [0.05, 0.1) is 6.61 Å². The highest BCUT2D eigenvalue weighted by molar-refractivity contribution is 5.88. The number of benzene rings is 1. The van der Waals surface area contributed by atoms with Crippen molar-refractivity contribution in [3.8, 4) is 5.75 Å². The Morgan fingerprint density at radius 1 is 1.25 bits per heavy atom. The molecule has 2 atom stereocenters. The van der Waals surface area contributed by atoms with Gasteiger partial charge in [-0.05, 0) is 56.7 Å². The summed E-state index contributed by atoms with van der Waals surface area (Å²) in [5.74, 6) is 1.71. The van der Waals surface area contributed by atoms with Crippen LogP contribution in [-0.4, -0.2) is 24.8 Å². The highest BCUT2D eigenvalue weighted by atomic mass is 16.5. The van der Waals surface area contributed by atoms with Gasteiger partial charge in [-0.3, -0.25) is 9.59 Å². The van der Waals surface area contributed by atoms with E-state index in [-0.39, 0.29) is 23.7 Å². The Morgan fingerprint density at radius 2 is 2.00 bits per heavy atom. The van der Waals surface area contributed by atoms with Crippen LogP contribution >= 0.6 is 0 Å². The lowest BCUT2D eigenvalue weighted by Crippen LogP contribution is -2.42. The fourth-order valence-electron chi connectivity index (χ4n) is 4.02. The zero-order valence-electron chi connectivity index (χ0n) is 14.4. The highest BCUT2D eigenvalue weighted by Gasteiger charge is 2.41. The minimum Gasteiger partial charge on any atom is -0.494 e. The van der Waals surface area contributed by atoms with E-state index in [1.807, 2.05) is 31.2 Å². The van der Waals surface area contributed by atoms with Crippen molar-refractivity contribution in [3.05, 3.63) is 29.8 Å². The number of hydrogen-bond acceptors (Lipinski definition) is 3. The van der Waals surface area contributed by atoms with Crippen LogP contribution < -0.4 is 10.1 Å². The van der Waals surface area contributed by atoms with Crippen molar-refractivity contribution in [3.63, 3.8) is 0 Å². The Labute approximate surface area is 144 Å². The Balaban J connectivity index is 1.36. The van der Waals surface area contributed by atoms with Crippen molar-refractivity contribution in [2.24, 2.45) is 17.8 Å². The maximum absolute atomic E-state index is 12.4. The van der Waals surface area contributed by atoms with Crippen molar-refractivity contribution in [1.82, 2.24) is 5.32 Å². The second kappa shape index (κ2) is 7.82. The van der Waals surface area contributed by atoms with Crippen LogP contribution in [-0.2, 0) is 9.59 Å². The summed E-state index contributed by atoms with van der Waals surface area (Å²) in [7, 11) is 0. The van der Waals surface area contributed by atoms with Gasteiger partial charge >= 0.3 is 0 Å². The average Bonchev–Trinajstić information content (AvgIpc) is 2.54. The van der Waals surface area contributed by atoms with Crippen molar-refractivity contribution in [1.29, 1.82) is 0 Å². The summed E-state index contributed by atoms with van der Waals surface area (Å²) >= 11 is 0. The Kier molecular flexibility index (Phi) is 5.54. The highest BCUT2D eigenvalue weighted by Crippen LogP contribution is 2.40. The summed E-state index contributed by atoms with van der Waals surface area (Å²) in [6.45, 7) is 3.26. The Hall–Kier alpha value is -1.84. The second-order valence-corrected chi connectivity index (χ2v) is 7.20. The van der Waals surface area contributed by atoms with Gasteiger partial charge in [-0.25, -0.2) is 0 Å². The minimum absolute atomic E-state index is 0.0238. The molecule has 24 heavy (non-hydrogen) atoms. The molecule has 2 aliphatic rings. The van der Waals surface area contributed by atoms with E-state index in [0.717, 1.165) is 44.3 Å². The summed E-state index contributed by atoms with van der Waals surface area (Å²) in [6.07, 6.45) is 5.39. The van der Waals surface area contributed by atoms with Crippen LogP contribution in [0.15, 0.2) is 24.3 Å². The predicted molar refractivity (Wildman–Crippen MR) is 92.9 cm³/mol. The fraction of sp³-hybridized carbons (Fsp3) is 0.600. The van der Waals surface area contributed by atoms with Gasteiger partial charge < -0.3 is 10.1 Å². The number of aryl methyl sites for hydroxylation is 1. The van der Waals surface area contributed by atoms with Crippen molar-refractivity contribution >= 4 is 11.7 Å². The molecule has 2 bridgehead atoms. The molecule has 0 radical (unpaired) electrons. The first-order valence-electron chi connectivity index (χ1n) is 9.14. The van der Waals surface area contributed by atoms with Crippen LogP contribution in [0.2, 0.25) is 0 Å². The number of ketones is 1. The molecule has 4 nitrogen and oxygen atoms in total.